The molecule has 34 heavy (non-hydrogen) atoms. The summed E-state index contributed by atoms with van der Waals surface area (Å²) < 4.78 is 49.8. The molecule has 0 radical (unpaired) electrons. The predicted molar refractivity (Wildman–Crippen MR) is 120 cm³/mol. The van der Waals surface area contributed by atoms with E-state index in [4.69, 9.17) is 4.74 Å². The largest absolute Gasteiger partial charge is 0.478 e. The Morgan fingerprint density at radius 3 is 2.26 bits per heavy atom. The number of carboxylic acid groups (broad SMARTS) is 1. The summed E-state index contributed by atoms with van der Waals surface area (Å²) in [6.07, 6.45) is -1.38. The van der Waals surface area contributed by atoms with Crippen molar-refractivity contribution >= 4 is 22.0 Å². The number of methoxy groups -OCH3 is 1. The van der Waals surface area contributed by atoms with Gasteiger partial charge in [0.2, 0.25) is 16.1 Å². The summed E-state index contributed by atoms with van der Waals surface area (Å²) in [5.74, 6) is -2.15. The Kier molecular flexibility index (Phi) is 7.64. The third-order valence-electron chi connectivity index (χ3n) is 4.94. The first-order valence-corrected chi connectivity index (χ1v) is 11.4. The van der Waals surface area contributed by atoms with E-state index in [2.05, 4.69) is 4.74 Å². The molecule has 178 valence electrons. The van der Waals surface area contributed by atoms with Gasteiger partial charge in [0, 0.05) is 19.2 Å². The van der Waals surface area contributed by atoms with Crippen molar-refractivity contribution in [3.8, 4) is 5.75 Å². The van der Waals surface area contributed by atoms with E-state index in [9.17, 15) is 27.5 Å². The molecular weight excluding hydrogens is 465 g/mol. The smallest absolute Gasteiger partial charge is 0.349 e. The molecule has 0 aliphatic heterocycles. The van der Waals surface area contributed by atoms with Crippen LogP contribution >= 0.6 is 0 Å². The van der Waals surface area contributed by atoms with Crippen molar-refractivity contribution < 1.29 is 37.0 Å². The number of ether oxygens (including phenoxy) is 2. The van der Waals surface area contributed by atoms with Crippen LogP contribution in [0, 0.1) is 5.82 Å². The van der Waals surface area contributed by atoms with Crippen LogP contribution in [0.4, 0.5) is 4.39 Å². The predicted octanol–water partition coefficient (Wildman–Crippen LogP) is 3.64. The number of carboxylic acids is 1. The number of aliphatic carboxylic acids is 1. The molecule has 3 rings (SSSR count). The summed E-state index contributed by atoms with van der Waals surface area (Å²) in [7, 11) is -1.20. The Bertz CT molecular complexity index is 1280. The van der Waals surface area contributed by atoms with Crippen molar-refractivity contribution in [3.05, 3.63) is 95.3 Å². The van der Waals surface area contributed by atoms with Crippen LogP contribution < -0.4 is 4.74 Å². The van der Waals surface area contributed by atoms with Crippen LogP contribution in [0.5, 0.6) is 5.75 Å². The molecule has 1 unspecified atom stereocenters. The van der Waals surface area contributed by atoms with Crippen molar-refractivity contribution in [1.82, 2.24) is 4.31 Å². The summed E-state index contributed by atoms with van der Waals surface area (Å²) in [6.45, 7) is 0.0313. The summed E-state index contributed by atoms with van der Waals surface area (Å²) in [4.78, 5) is 23.5. The lowest BCUT2D eigenvalue weighted by Crippen LogP contribution is -2.26. The van der Waals surface area contributed by atoms with Crippen molar-refractivity contribution in [2.45, 2.75) is 17.5 Å². The average molecular weight is 488 g/mol. The van der Waals surface area contributed by atoms with Crippen LogP contribution in [0.1, 0.15) is 27.6 Å². The molecular formula is C24H22FNO7S. The molecule has 0 bridgehead atoms. The van der Waals surface area contributed by atoms with Crippen molar-refractivity contribution in [2.75, 3.05) is 14.2 Å². The Hall–Kier alpha value is -3.76. The minimum atomic E-state index is -3.82. The zero-order chi connectivity index (χ0) is 24.9. The van der Waals surface area contributed by atoms with Gasteiger partial charge in [0.05, 0.1) is 17.6 Å². The van der Waals surface area contributed by atoms with Crippen molar-refractivity contribution in [1.29, 1.82) is 0 Å². The fraction of sp³-hybridized carbons (Fsp3) is 0.167. The number of halogens is 1. The maximum atomic E-state index is 13.1. The van der Waals surface area contributed by atoms with Crippen LogP contribution in [0.3, 0.4) is 0 Å². The standard InChI is InChI=1S/C24H22FNO7S/c1-26(34(30,31)21-12-8-19(25)9-13-21)15-16-6-10-20(11-7-16)33-22(23(27)28)17-4-3-5-18(14-17)24(29)32-2/h3-14,22H,15H2,1-2H3,(H,27,28). The third kappa shape index (κ3) is 5.77. The topological polar surface area (TPSA) is 110 Å². The zero-order valence-corrected chi connectivity index (χ0v) is 19.2. The summed E-state index contributed by atoms with van der Waals surface area (Å²) in [5.41, 5.74) is 1.07. The van der Waals surface area contributed by atoms with Crippen LogP contribution in [-0.2, 0) is 26.1 Å². The molecule has 0 heterocycles. The molecule has 0 amide bonds. The first-order valence-electron chi connectivity index (χ1n) is 10.0. The molecule has 0 fully saturated rings. The van der Waals surface area contributed by atoms with Crippen molar-refractivity contribution in [2.24, 2.45) is 0 Å². The highest BCUT2D eigenvalue weighted by atomic mass is 32.2. The molecule has 0 saturated heterocycles. The van der Waals surface area contributed by atoms with E-state index in [1.165, 1.54) is 62.7 Å². The van der Waals surface area contributed by atoms with Gasteiger partial charge in [-0.2, -0.15) is 4.31 Å². The van der Waals surface area contributed by atoms with E-state index < -0.39 is 33.9 Å². The fourth-order valence-electron chi connectivity index (χ4n) is 3.15. The van der Waals surface area contributed by atoms with Gasteiger partial charge in [-0.3, -0.25) is 0 Å². The highest BCUT2D eigenvalue weighted by Gasteiger charge is 2.24. The van der Waals surface area contributed by atoms with Gasteiger partial charge >= 0.3 is 11.9 Å². The number of carbonyl (C=O) groups excluding carboxylic acids is 1. The second kappa shape index (κ2) is 10.4. The van der Waals surface area contributed by atoms with Crippen LogP contribution in [0.15, 0.2) is 77.7 Å². The van der Waals surface area contributed by atoms with E-state index >= 15 is 0 Å². The number of nitrogens with zero attached hydrogens (tertiary/aromatic N) is 1. The number of carbonyl (C=O) groups is 2. The molecule has 0 saturated carbocycles. The number of benzene rings is 3. The van der Waals surface area contributed by atoms with Crippen LogP contribution in [0.2, 0.25) is 0 Å². The summed E-state index contributed by atoms with van der Waals surface area (Å²) in [5, 5.41) is 9.63. The van der Waals surface area contributed by atoms with Gasteiger partial charge in [-0.1, -0.05) is 24.3 Å². The van der Waals surface area contributed by atoms with E-state index in [1.807, 2.05) is 0 Å². The average Bonchev–Trinajstić information content (AvgIpc) is 2.83. The fourth-order valence-corrected chi connectivity index (χ4v) is 4.30. The third-order valence-corrected chi connectivity index (χ3v) is 6.76. The molecule has 0 aromatic heterocycles. The minimum Gasteiger partial charge on any atom is -0.478 e. The Morgan fingerprint density at radius 1 is 1.03 bits per heavy atom. The quantitative estimate of drug-likeness (QED) is 0.459. The molecule has 1 atom stereocenters. The van der Waals surface area contributed by atoms with E-state index in [-0.39, 0.29) is 28.3 Å². The second-order valence-electron chi connectivity index (χ2n) is 7.31. The van der Waals surface area contributed by atoms with Crippen LogP contribution in [-0.4, -0.2) is 43.9 Å². The van der Waals surface area contributed by atoms with Gasteiger partial charge in [0.1, 0.15) is 11.6 Å². The molecule has 8 nitrogen and oxygen atoms in total. The molecule has 0 spiro atoms. The first kappa shape index (κ1) is 24.9. The first-order chi connectivity index (χ1) is 16.1. The highest BCUT2D eigenvalue weighted by molar-refractivity contribution is 7.89. The second-order valence-corrected chi connectivity index (χ2v) is 9.36. The number of hydrogen-bond donors (Lipinski definition) is 1. The lowest BCUT2D eigenvalue weighted by Gasteiger charge is -2.18. The lowest BCUT2D eigenvalue weighted by molar-refractivity contribution is -0.145. The molecule has 1 N–H and O–H groups in total. The maximum Gasteiger partial charge on any atom is 0.349 e. The van der Waals surface area contributed by atoms with E-state index in [1.54, 1.807) is 12.1 Å². The van der Waals surface area contributed by atoms with Gasteiger partial charge in [0.15, 0.2) is 0 Å². The molecule has 3 aromatic rings. The number of hydrogen-bond acceptors (Lipinski definition) is 6. The molecule has 0 aliphatic carbocycles. The van der Waals surface area contributed by atoms with Crippen molar-refractivity contribution in [3.63, 3.8) is 0 Å². The summed E-state index contributed by atoms with van der Waals surface area (Å²) in [6, 6.07) is 16.7. The maximum absolute atomic E-state index is 13.1. The SMILES string of the molecule is COC(=O)c1cccc(C(Oc2ccc(CN(C)S(=O)(=O)c3ccc(F)cc3)cc2)C(=O)O)c1. The van der Waals surface area contributed by atoms with Gasteiger partial charge < -0.3 is 14.6 Å². The number of rotatable bonds is 9. The molecule has 10 heteroatoms. The van der Waals surface area contributed by atoms with Gasteiger partial charge in [-0.25, -0.2) is 22.4 Å². The van der Waals surface area contributed by atoms with Crippen LogP contribution in [0.25, 0.3) is 0 Å². The molecule has 3 aromatic carbocycles. The number of sulfonamides is 1. The van der Waals surface area contributed by atoms with Gasteiger partial charge in [-0.15, -0.1) is 0 Å². The van der Waals surface area contributed by atoms with E-state index in [0.717, 1.165) is 16.4 Å². The van der Waals surface area contributed by atoms with Gasteiger partial charge in [-0.05, 0) is 54.1 Å². The van der Waals surface area contributed by atoms with Gasteiger partial charge in [0.25, 0.3) is 0 Å². The highest BCUT2D eigenvalue weighted by Crippen LogP contribution is 2.25. The Balaban J connectivity index is 1.73. The zero-order valence-electron chi connectivity index (χ0n) is 18.3. The monoisotopic (exact) mass is 487 g/mol. The Labute approximate surface area is 196 Å². The van der Waals surface area contributed by atoms with E-state index in [0.29, 0.717) is 5.56 Å². The Morgan fingerprint density at radius 2 is 1.68 bits per heavy atom. The summed E-state index contributed by atoms with van der Waals surface area (Å²) >= 11 is 0. The molecule has 0 aliphatic rings. The lowest BCUT2D eigenvalue weighted by atomic mass is 10.1. The number of esters is 1. The normalized spacial score (nSPS) is 12.2. The minimum absolute atomic E-state index is 0.0313.